The number of halogens is 2. The van der Waals surface area contributed by atoms with Crippen LogP contribution in [-0.4, -0.2) is 12.6 Å². The van der Waals surface area contributed by atoms with Gasteiger partial charge in [0, 0.05) is 22.3 Å². The van der Waals surface area contributed by atoms with Gasteiger partial charge in [0.1, 0.15) is 11.6 Å². The molecule has 0 aliphatic rings. The average molecular weight is 322 g/mol. The number of hydrogen-bond acceptors (Lipinski definition) is 2. The van der Waals surface area contributed by atoms with E-state index in [1.807, 2.05) is 0 Å². The minimum Gasteiger partial charge on any atom is -0.298 e. The summed E-state index contributed by atoms with van der Waals surface area (Å²) in [5, 5.41) is 0. The van der Waals surface area contributed by atoms with Crippen LogP contribution in [-0.2, 0) is 0 Å². The summed E-state index contributed by atoms with van der Waals surface area (Å²) in [5.74, 6) is -0.803. The third-order valence-electron chi connectivity index (χ3n) is 3.79. The summed E-state index contributed by atoms with van der Waals surface area (Å²) < 4.78 is 26.5. The van der Waals surface area contributed by atoms with Crippen molar-refractivity contribution in [1.82, 2.24) is 0 Å². The first kappa shape index (κ1) is 15.7. The molecule has 0 bridgehead atoms. The molecule has 3 rings (SSSR count). The maximum Gasteiger partial charge on any atom is 0.150 e. The molecular formula is C20H12F2O2. The van der Waals surface area contributed by atoms with Crippen LogP contribution in [0.3, 0.4) is 0 Å². The lowest BCUT2D eigenvalue weighted by atomic mass is 9.87. The Morgan fingerprint density at radius 3 is 1.17 bits per heavy atom. The summed E-state index contributed by atoms with van der Waals surface area (Å²) >= 11 is 0. The molecule has 0 atom stereocenters. The molecular weight excluding hydrogens is 310 g/mol. The van der Waals surface area contributed by atoms with Crippen molar-refractivity contribution in [1.29, 1.82) is 0 Å². The van der Waals surface area contributed by atoms with E-state index in [9.17, 15) is 18.4 Å². The lowest BCUT2D eigenvalue weighted by molar-refractivity contribution is 0.111. The number of benzene rings is 3. The van der Waals surface area contributed by atoms with Crippen molar-refractivity contribution in [2.24, 2.45) is 0 Å². The summed E-state index contributed by atoms with van der Waals surface area (Å²) in [5.41, 5.74) is 2.96. The first-order valence-electron chi connectivity index (χ1n) is 7.23. The van der Waals surface area contributed by atoms with Gasteiger partial charge in [-0.05, 0) is 35.4 Å². The molecule has 3 aromatic rings. The molecule has 0 aromatic heterocycles. The fourth-order valence-corrected chi connectivity index (χ4v) is 2.69. The van der Waals surface area contributed by atoms with Crippen LogP contribution in [0.2, 0.25) is 0 Å². The summed E-state index contributed by atoms with van der Waals surface area (Å²) in [6.07, 6.45) is 1.36. The third-order valence-corrected chi connectivity index (χ3v) is 3.79. The zero-order chi connectivity index (χ0) is 17.1. The molecule has 4 heteroatoms. The molecule has 0 unspecified atom stereocenters. The van der Waals surface area contributed by atoms with Gasteiger partial charge < -0.3 is 0 Å². The first-order chi connectivity index (χ1) is 11.6. The van der Waals surface area contributed by atoms with Gasteiger partial charge in [0.15, 0.2) is 12.6 Å². The lowest BCUT2D eigenvalue weighted by Crippen LogP contribution is -1.97. The van der Waals surface area contributed by atoms with Gasteiger partial charge in [0.25, 0.3) is 0 Å². The van der Waals surface area contributed by atoms with E-state index in [0.29, 0.717) is 46.0 Å². The fraction of sp³-hybridized carbons (Fsp3) is 0. The topological polar surface area (TPSA) is 34.1 Å². The Morgan fingerprint density at radius 2 is 0.875 bits per heavy atom. The second-order valence-corrected chi connectivity index (χ2v) is 5.24. The Labute approximate surface area is 137 Å². The summed E-state index contributed by atoms with van der Waals surface area (Å²) in [6, 6.07) is 14.4. The number of aldehydes is 2. The molecule has 0 saturated carbocycles. The molecule has 0 saturated heterocycles. The number of carbonyl (C=O) groups is 2. The molecule has 24 heavy (non-hydrogen) atoms. The number of hydrogen-bond donors (Lipinski definition) is 0. The van der Waals surface area contributed by atoms with Crippen LogP contribution in [0.1, 0.15) is 20.7 Å². The van der Waals surface area contributed by atoms with Crippen molar-refractivity contribution in [3.05, 3.63) is 83.4 Å². The van der Waals surface area contributed by atoms with E-state index in [-0.39, 0.29) is 0 Å². The zero-order valence-corrected chi connectivity index (χ0v) is 12.5. The predicted octanol–water partition coefficient (Wildman–Crippen LogP) is 4.92. The second-order valence-electron chi connectivity index (χ2n) is 5.24. The Kier molecular flexibility index (Phi) is 4.29. The second kappa shape index (κ2) is 6.54. The van der Waals surface area contributed by atoms with Crippen LogP contribution >= 0.6 is 0 Å². The van der Waals surface area contributed by atoms with Gasteiger partial charge in [-0.1, -0.05) is 36.4 Å². The van der Waals surface area contributed by atoms with E-state index in [1.54, 1.807) is 36.4 Å². The Bertz CT molecular complexity index is 822. The van der Waals surface area contributed by atoms with Crippen LogP contribution < -0.4 is 0 Å². The van der Waals surface area contributed by atoms with Crippen LogP contribution in [0.4, 0.5) is 8.78 Å². The largest absolute Gasteiger partial charge is 0.298 e. The molecule has 0 spiro atoms. The van der Waals surface area contributed by atoms with Crippen LogP contribution in [0.15, 0.2) is 60.7 Å². The molecule has 0 aliphatic carbocycles. The van der Waals surface area contributed by atoms with E-state index < -0.39 is 11.6 Å². The Balaban J connectivity index is 2.36. The zero-order valence-electron chi connectivity index (χ0n) is 12.5. The van der Waals surface area contributed by atoms with Crippen molar-refractivity contribution in [3.8, 4) is 22.3 Å². The van der Waals surface area contributed by atoms with Gasteiger partial charge in [-0.25, -0.2) is 8.78 Å². The van der Waals surface area contributed by atoms with Gasteiger partial charge >= 0.3 is 0 Å². The minimum absolute atomic E-state index is 0.367. The fourth-order valence-electron chi connectivity index (χ4n) is 2.69. The highest BCUT2D eigenvalue weighted by Crippen LogP contribution is 2.37. The van der Waals surface area contributed by atoms with Gasteiger partial charge in [-0.3, -0.25) is 9.59 Å². The smallest absolute Gasteiger partial charge is 0.150 e. The summed E-state index contributed by atoms with van der Waals surface area (Å²) in [6.45, 7) is 0. The quantitative estimate of drug-likeness (QED) is 0.639. The molecule has 0 aliphatic heterocycles. The molecule has 0 amide bonds. The lowest BCUT2D eigenvalue weighted by Gasteiger charge is -2.15. The van der Waals surface area contributed by atoms with Crippen molar-refractivity contribution in [2.45, 2.75) is 0 Å². The molecule has 3 aromatic carbocycles. The van der Waals surface area contributed by atoms with Crippen molar-refractivity contribution < 1.29 is 18.4 Å². The SMILES string of the molecule is O=Cc1ccc(C=O)c(-c2ccc(F)cc2)c1-c1ccc(F)cc1. The highest BCUT2D eigenvalue weighted by molar-refractivity contribution is 6.02. The predicted molar refractivity (Wildman–Crippen MR) is 88.0 cm³/mol. The van der Waals surface area contributed by atoms with Gasteiger partial charge in [-0.2, -0.15) is 0 Å². The van der Waals surface area contributed by atoms with Gasteiger partial charge in [-0.15, -0.1) is 0 Å². The Hall–Kier alpha value is -3.14. The molecule has 0 fully saturated rings. The van der Waals surface area contributed by atoms with Gasteiger partial charge in [0.05, 0.1) is 0 Å². The summed E-state index contributed by atoms with van der Waals surface area (Å²) in [4.78, 5) is 23.0. The first-order valence-corrected chi connectivity index (χ1v) is 7.23. The molecule has 0 heterocycles. The van der Waals surface area contributed by atoms with E-state index in [1.165, 1.54) is 24.3 Å². The highest BCUT2D eigenvalue weighted by Gasteiger charge is 2.16. The van der Waals surface area contributed by atoms with Crippen LogP contribution in [0.25, 0.3) is 22.3 Å². The van der Waals surface area contributed by atoms with E-state index in [4.69, 9.17) is 0 Å². The standard InChI is InChI=1S/C20H12F2O2/c21-17-7-3-13(4-8-17)19-15(11-23)1-2-16(12-24)20(19)14-5-9-18(22)10-6-14/h1-12H. The molecule has 2 nitrogen and oxygen atoms in total. The van der Waals surface area contributed by atoms with Crippen molar-refractivity contribution in [3.63, 3.8) is 0 Å². The summed E-state index contributed by atoms with van der Waals surface area (Å²) in [7, 11) is 0. The van der Waals surface area contributed by atoms with E-state index in [0.717, 1.165) is 0 Å². The highest BCUT2D eigenvalue weighted by atomic mass is 19.1. The molecule has 118 valence electrons. The molecule has 0 radical (unpaired) electrons. The average Bonchev–Trinajstić information content (AvgIpc) is 2.62. The molecule has 0 N–H and O–H groups in total. The van der Waals surface area contributed by atoms with Crippen molar-refractivity contribution >= 4 is 12.6 Å². The monoisotopic (exact) mass is 322 g/mol. The van der Waals surface area contributed by atoms with Gasteiger partial charge in [0.2, 0.25) is 0 Å². The number of carbonyl (C=O) groups excluding carboxylic acids is 2. The maximum atomic E-state index is 13.2. The Morgan fingerprint density at radius 1 is 0.542 bits per heavy atom. The minimum atomic E-state index is -0.402. The van der Waals surface area contributed by atoms with E-state index in [2.05, 4.69) is 0 Å². The van der Waals surface area contributed by atoms with Crippen LogP contribution in [0, 0.1) is 11.6 Å². The third kappa shape index (κ3) is 2.86. The van der Waals surface area contributed by atoms with E-state index >= 15 is 0 Å². The maximum absolute atomic E-state index is 13.2. The van der Waals surface area contributed by atoms with Crippen LogP contribution in [0.5, 0.6) is 0 Å². The van der Waals surface area contributed by atoms with Crippen molar-refractivity contribution in [2.75, 3.05) is 0 Å². The normalized spacial score (nSPS) is 10.4. The number of rotatable bonds is 4.